The molecule has 20 heavy (non-hydrogen) atoms. The van der Waals surface area contributed by atoms with Crippen LogP contribution >= 0.6 is 0 Å². The SMILES string of the molecule is O=Cc1cc(C(F)(F)F)ccc1OCCCC(F)(F)F. The van der Waals surface area contributed by atoms with Gasteiger partial charge >= 0.3 is 12.4 Å². The van der Waals surface area contributed by atoms with Gasteiger partial charge in [0.1, 0.15) is 5.75 Å². The van der Waals surface area contributed by atoms with Gasteiger partial charge in [0.15, 0.2) is 6.29 Å². The lowest BCUT2D eigenvalue weighted by Gasteiger charge is -2.12. The van der Waals surface area contributed by atoms with Crippen LogP contribution in [0.2, 0.25) is 0 Å². The second-order valence-corrected chi connectivity index (χ2v) is 3.94. The summed E-state index contributed by atoms with van der Waals surface area (Å²) in [6.45, 7) is -0.342. The molecule has 0 heterocycles. The van der Waals surface area contributed by atoms with E-state index in [0.717, 1.165) is 6.07 Å². The molecule has 1 rings (SSSR count). The maximum atomic E-state index is 12.4. The molecule has 0 saturated carbocycles. The number of hydrogen-bond donors (Lipinski definition) is 0. The summed E-state index contributed by atoms with van der Waals surface area (Å²) >= 11 is 0. The monoisotopic (exact) mass is 300 g/mol. The minimum absolute atomic E-state index is 0.161. The Balaban J connectivity index is 2.69. The summed E-state index contributed by atoms with van der Waals surface area (Å²) in [4.78, 5) is 10.7. The van der Waals surface area contributed by atoms with Gasteiger partial charge in [-0.3, -0.25) is 4.79 Å². The van der Waals surface area contributed by atoms with E-state index in [9.17, 15) is 31.1 Å². The fourth-order valence-corrected chi connectivity index (χ4v) is 1.40. The quantitative estimate of drug-likeness (QED) is 0.462. The predicted molar refractivity (Wildman–Crippen MR) is 57.6 cm³/mol. The minimum Gasteiger partial charge on any atom is -0.493 e. The van der Waals surface area contributed by atoms with Gasteiger partial charge in [0.2, 0.25) is 0 Å². The van der Waals surface area contributed by atoms with E-state index in [2.05, 4.69) is 0 Å². The Kier molecular flexibility index (Phi) is 5.02. The molecule has 0 bridgehead atoms. The van der Waals surface area contributed by atoms with Crippen LogP contribution in [0.5, 0.6) is 5.75 Å². The first kappa shape index (κ1) is 16.3. The number of carbonyl (C=O) groups is 1. The van der Waals surface area contributed by atoms with Crippen molar-refractivity contribution in [3.63, 3.8) is 0 Å². The van der Waals surface area contributed by atoms with Gasteiger partial charge in [-0.25, -0.2) is 0 Å². The molecule has 1 aromatic rings. The van der Waals surface area contributed by atoms with Crippen molar-refractivity contribution in [2.24, 2.45) is 0 Å². The molecule has 0 saturated heterocycles. The van der Waals surface area contributed by atoms with Gasteiger partial charge < -0.3 is 4.74 Å². The molecule has 1 aromatic carbocycles. The Labute approximate surface area is 110 Å². The van der Waals surface area contributed by atoms with E-state index >= 15 is 0 Å². The van der Waals surface area contributed by atoms with Gasteiger partial charge in [-0.2, -0.15) is 26.3 Å². The Morgan fingerprint density at radius 2 is 1.75 bits per heavy atom. The number of rotatable bonds is 5. The molecule has 0 aliphatic carbocycles. The molecule has 0 aliphatic heterocycles. The molecule has 0 aromatic heterocycles. The van der Waals surface area contributed by atoms with Crippen molar-refractivity contribution in [3.05, 3.63) is 29.3 Å². The van der Waals surface area contributed by atoms with Gasteiger partial charge in [-0.05, 0) is 24.6 Å². The zero-order chi connectivity index (χ0) is 15.4. The van der Waals surface area contributed by atoms with Crippen LogP contribution in [0.3, 0.4) is 0 Å². The number of hydrogen-bond acceptors (Lipinski definition) is 2. The molecule has 2 nitrogen and oxygen atoms in total. The van der Waals surface area contributed by atoms with Crippen LogP contribution in [-0.4, -0.2) is 19.1 Å². The third kappa shape index (κ3) is 5.10. The standard InChI is InChI=1S/C12H10F6O2/c13-11(14,15)4-1-5-20-10-3-2-9(12(16,17)18)6-8(10)7-19/h2-3,6-7H,1,4-5H2. The van der Waals surface area contributed by atoms with Crippen LogP contribution in [0.15, 0.2) is 18.2 Å². The average molecular weight is 300 g/mol. The highest BCUT2D eigenvalue weighted by Crippen LogP contribution is 2.32. The largest absolute Gasteiger partial charge is 0.493 e. The van der Waals surface area contributed by atoms with Crippen LogP contribution in [0.1, 0.15) is 28.8 Å². The summed E-state index contributed by atoms with van der Waals surface area (Å²) in [5.41, 5.74) is -1.38. The topological polar surface area (TPSA) is 26.3 Å². The van der Waals surface area contributed by atoms with Crippen molar-refractivity contribution in [3.8, 4) is 5.75 Å². The first-order valence-electron chi connectivity index (χ1n) is 5.49. The molecule has 0 atom stereocenters. The third-order valence-corrected chi connectivity index (χ3v) is 2.33. The second-order valence-electron chi connectivity index (χ2n) is 3.94. The van der Waals surface area contributed by atoms with E-state index in [1.807, 2.05) is 0 Å². The molecular weight excluding hydrogens is 290 g/mol. The molecule has 0 fully saturated rings. The van der Waals surface area contributed by atoms with Crippen LogP contribution in [0.4, 0.5) is 26.3 Å². The summed E-state index contributed by atoms with van der Waals surface area (Å²) in [6.07, 6.45) is -10.2. The summed E-state index contributed by atoms with van der Waals surface area (Å²) in [6, 6.07) is 2.21. The molecule has 0 aliphatic rings. The molecule has 8 heteroatoms. The van der Waals surface area contributed by atoms with Gasteiger partial charge in [0, 0.05) is 6.42 Å². The molecular formula is C12H10F6O2. The number of aldehydes is 1. The van der Waals surface area contributed by atoms with Crippen molar-refractivity contribution in [2.75, 3.05) is 6.61 Å². The lowest BCUT2D eigenvalue weighted by molar-refractivity contribution is -0.138. The fourth-order valence-electron chi connectivity index (χ4n) is 1.40. The summed E-state index contributed by atoms with van der Waals surface area (Å²) < 4.78 is 77.7. The predicted octanol–water partition coefficient (Wildman–Crippen LogP) is 4.24. The Bertz CT molecular complexity index is 464. The number of carbonyl (C=O) groups excluding carboxylic acids is 1. The molecule has 0 N–H and O–H groups in total. The Morgan fingerprint density at radius 1 is 1.10 bits per heavy atom. The summed E-state index contributed by atoms with van der Waals surface area (Å²) in [7, 11) is 0. The molecule has 112 valence electrons. The van der Waals surface area contributed by atoms with Gasteiger partial charge in [-0.1, -0.05) is 0 Å². The summed E-state index contributed by atoms with van der Waals surface area (Å²) in [5, 5.41) is 0. The van der Waals surface area contributed by atoms with Crippen LogP contribution in [0, 0.1) is 0 Å². The van der Waals surface area contributed by atoms with Crippen molar-refractivity contribution < 1.29 is 35.9 Å². The smallest absolute Gasteiger partial charge is 0.416 e. The Hall–Kier alpha value is -1.73. The van der Waals surface area contributed by atoms with Gasteiger partial charge in [-0.15, -0.1) is 0 Å². The molecule has 0 radical (unpaired) electrons. The van der Waals surface area contributed by atoms with E-state index in [1.165, 1.54) is 0 Å². The fraction of sp³-hybridized carbons (Fsp3) is 0.417. The number of halogens is 6. The van der Waals surface area contributed by atoms with Gasteiger partial charge in [0.25, 0.3) is 0 Å². The zero-order valence-corrected chi connectivity index (χ0v) is 10.0. The lowest BCUT2D eigenvalue weighted by atomic mass is 10.1. The minimum atomic E-state index is -4.60. The number of ether oxygens (including phenoxy) is 1. The van der Waals surface area contributed by atoms with Crippen molar-refractivity contribution in [1.82, 2.24) is 0 Å². The van der Waals surface area contributed by atoms with Crippen molar-refractivity contribution in [1.29, 1.82) is 0 Å². The highest BCUT2D eigenvalue weighted by molar-refractivity contribution is 5.79. The third-order valence-electron chi connectivity index (χ3n) is 2.33. The molecule has 0 amide bonds. The van der Waals surface area contributed by atoms with Crippen molar-refractivity contribution >= 4 is 6.29 Å². The van der Waals surface area contributed by atoms with Crippen molar-refractivity contribution in [2.45, 2.75) is 25.2 Å². The zero-order valence-electron chi connectivity index (χ0n) is 10.0. The lowest BCUT2D eigenvalue weighted by Crippen LogP contribution is -2.10. The maximum Gasteiger partial charge on any atom is 0.416 e. The normalized spacial score (nSPS) is 12.3. The number of benzene rings is 1. The van der Waals surface area contributed by atoms with Crippen LogP contribution in [0.25, 0.3) is 0 Å². The average Bonchev–Trinajstić information content (AvgIpc) is 2.32. The van der Waals surface area contributed by atoms with E-state index in [-0.39, 0.29) is 30.6 Å². The van der Waals surface area contributed by atoms with E-state index in [4.69, 9.17) is 4.74 Å². The Morgan fingerprint density at radius 3 is 2.25 bits per heavy atom. The number of alkyl halides is 6. The first-order chi connectivity index (χ1) is 9.13. The summed E-state index contributed by atoms with van der Waals surface area (Å²) in [5.74, 6) is -0.171. The van der Waals surface area contributed by atoms with Crippen LogP contribution in [-0.2, 0) is 6.18 Å². The molecule has 0 unspecified atom stereocenters. The maximum absolute atomic E-state index is 12.4. The van der Waals surface area contributed by atoms with Gasteiger partial charge in [0.05, 0.1) is 17.7 Å². The van der Waals surface area contributed by atoms with Crippen LogP contribution < -0.4 is 4.74 Å². The van der Waals surface area contributed by atoms with E-state index in [0.29, 0.717) is 12.1 Å². The highest BCUT2D eigenvalue weighted by atomic mass is 19.4. The van der Waals surface area contributed by atoms with E-state index < -0.39 is 24.3 Å². The highest BCUT2D eigenvalue weighted by Gasteiger charge is 2.31. The molecule has 0 spiro atoms. The van der Waals surface area contributed by atoms with E-state index in [1.54, 1.807) is 0 Å². The first-order valence-corrected chi connectivity index (χ1v) is 5.49. The second kappa shape index (κ2) is 6.15.